The summed E-state index contributed by atoms with van der Waals surface area (Å²) >= 11 is 3.16. The number of anilines is 1. The SMILES string of the molecule is CC(C)(C)c1csc(CSc2cc(F)ccc2N)n1. The van der Waals surface area contributed by atoms with Gasteiger partial charge < -0.3 is 5.73 Å². The molecule has 0 unspecified atom stereocenters. The van der Waals surface area contributed by atoms with E-state index in [1.165, 1.54) is 23.9 Å². The van der Waals surface area contributed by atoms with Gasteiger partial charge in [0.25, 0.3) is 0 Å². The number of nitrogen functional groups attached to an aromatic ring is 1. The van der Waals surface area contributed by atoms with E-state index in [-0.39, 0.29) is 11.2 Å². The maximum absolute atomic E-state index is 13.2. The van der Waals surface area contributed by atoms with Crippen molar-refractivity contribution < 1.29 is 4.39 Å². The molecule has 0 spiro atoms. The molecule has 0 atom stereocenters. The van der Waals surface area contributed by atoms with Crippen LogP contribution in [0.1, 0.15) is 31.5 Å². The molecule has 1 aromatic heterocycles. The Morgan fingerprint density at radius 2 is 2.11 bits per heavy atom. The minimum atomic E-state index is -0.258. The van der Waals surface area contributed by atoms with Crippen LogP contribution in [0.15, 0.2) is 28.5 Å². The largest absolute Gasteiger partial charge is 0.398 e. The number of rotatable bonds is 3. The summed E-state index contributed by atoms with van der Waals surface area (Å²) in [5.41, 5.74) is 7.60. The van der Waals surface area contributed by atoms with Crippen molar-refractivity contribution in [3.63, 3.8) is 0 Å². The highest BCUT2D eigenvalue weighted by Gasteiger charge is 2.17. The molecule has 0 radical (unpaired) electrons. The summed E-state index contributed by atoms with van der Waals surface area (Å²) in [4.78, 5) is 5.38. The number of thiazole rings is 1. The molecule has 0 aliphatic rings. The minimum Gasteiger partial charge on any atom is -0.398 e. The van der Waals surface area contributed by atoms with Crippen molar-refractivity contribution in [1.82, 2.24) is 4.98 Å². The standard InChI is InChI=1S/C14H17FN2S2/c1-14(2,3)12-7-19-13(17-12)8-18-11-6-9(15)4-5-10(11)16/h4-7H,8,16H2,1-3H3. The molecule has 1 heterocycles. The number of nitrogens with two attached hydrogens (primary N) is 1. The number of hydrogen-bond acceptors (Lipinski definition) is 4. The van der Waals surface area contributed by atoms with E-state index in [9.17, 15) is 4.39 Å². The molecule has 0 bridgehead atoms. The molecule has 2 rings (SSSR count). The van der Waals surface area contributed by atoms with Gasteiger partial charge in [0.15, 0.2) is 0 Å². The molecule has 0 saturated carbocycles. The van der Waals surface area contributed by atoms with E-state index < -0.39 is 0 Å². The molecule has 0 aliphatic heterocycles. The first-order valence-corrected chi connectivity index (χ1v) is 7.85. The van der Waals surface area contributed by atoms with Crippen molar-refractivity contribution in [2.75, 3.05) is 5.73 Å². The Morgan fingerprint density at radius 3 is 2.74 bits per heavy atom. The van der Waals surface area contributed by atoms with Gasteiger partial charge in [0, 0.05) is 21.4 Å². The zero-order valence-electron chi connectivity index (χ0n) is 11.2. The van der Waals surface area contributed by atoms with Crippen LogP contribution in [-0.4, -0.2) is 4.98 Å². The lowest BCUT2D eigenvalue weighted by molar-refractivity contribution is 0.572. The summed E-state index contributed by atoms with van der Waals surface area (Å²) in [5, 5.41) is 3.13. The molecule has 1 aromatic carbocycles. The van der Waals surface area contributed by atoms with Crippen molar-refractivity contribution in [3.8, 4) is 0 Å². The van der Waals surface area contributed by atoms with E-state index in [0.717, 1.165) is 15.6 Å². The van der Waals surface area contributed by atoms with Crippen LogP contribution in [0.3, 0.4) is 0 Å². The van der Waals surface area contributed by atoms with Gasteiger partial charge in [-0.15, -0.1) is 23.1 Å². The first kappa shape index (κ1) is 14.3. The van der Waals surface area contributed by atoms with Crippen LogP contribution >= 0.6 is 23.1 Å². The van der Waals surface area contributed by atoms with Crippen LogP contribution in [0.25, 0.3) is 0 Å². The monoisotopic (exact) mass is 296 g/mol. The van der Waals surface area contributed by atoms with Gasteiger partial charge in [-0.05, 0) is 18.2 Å². The second-order valence-electron chi connectivity index (χ2n) is 5.35. The van der Waals surface area contributed by atoms with Gasteiger partial charge in [0.05, 0.1) is 11.4 Å². The van der Waals surface area contributed by atoms with Gasteiger partial charge in [-0.25, -0.2) is 9.37 Å². The third-order valence-corrected chi connectivity index (χ3v) is 4.76. The van der Waals surface area contributed by atoms with Gasteiger partial charge in [0.1, 0.15) is 10.8 Å². The zero-order chi connectivity index (χ0) is 14.0. The molecule has 2 aromatic rings. The maximum atomic E-state index is 13.2. The fourth-order valence-corrected chi connectivity index (χ4v) is 3.52. The van der Waals surface area contributed by atoms with Gasteiger partial charge in [0.2, 0.25) is 0 Å². The first-order chi connectivity index (χ1) is 8.86. The van der Waals surface area contributed by atoms with Gasteiger partial charge in [-0.2, -0.15) is 0 Å². The maximum Gasteiger partial charge on any atom is 0.124 e. The van der Waals surface area contributed by atoms with Crippen molar-refractivity contribution in [3.05, 3.63) is 40.1 Å². The van der Waals surface area contributed by atoms with Crippen LogP contribution in [0.5, 0.6) is 0 Å². The molecule has 19 heavy (non-hydrogen) atoms. The number of thioether (sulfide) groups is 1. The summed E-state index contributed by atoms with van der Waals surface area (Å²) in [7, 11) is 0. The average Bonchev–Trinajstić information content (AvgIpc) is 2.79. The molecule has 102 valence electrons. The molecule has 2 nitrogen and oxygen atoms in total. The van der Waals surface area contributed by atoms with E-state index in [1.807, 2.05) is 0 Å². The number of halogens is 1. The van der Waals surface area contributed by atoms with Crippen LogP contribution in [-0.2, 0) is 11.2 Å². The molecular weight excluding hydrogens is 279 g/mol. The molecule has 0 amide bonds. The van der Waals surface area contributed by atoms with E-state index >= 15 is 0 Å². The topological polar surface area (TPSA) is 38.9 Å². The Morgan fingerprint density at radius 1 is 1.37 bits per heavy atom. The number of hydrogen-bond donors (Lipinski definition) is 1. The smallest absolute Gasteiger partial charge is 0.124 e. The summed E-state index contributed by atoms with van der Waals surface area (Å²) in [5.74, 6) is 0.459. The molecular formula is C14H17FN2S2. The fourth-order valence-electron chi connectivity index (χ4n) is 1.49. The normalized spacial score (nSPS) is 11.8. The van der Waals surface area contributed by atoms with Crippen LogP contribution in [0, 0.1) is 5.82 Å². The van der Waals surface area contributed by atoms with E-state index in [2.05, 4.69) is 31.1 Å². The number of benzene rings is 1. The lowest BCUT2D eigenvalue weighted by Crippen LogP contribution is -2.11. The first-order valence-electron chi connectivity index (χ1n) is 5.99. The summed E-state index contributed by atoms with van der Waals surface area (Å²) < 4.78 is 13.2. The second kappa shape index (κ2) is 5.51. The second-order valence-corrected chi connectivity index (χ2v) is 7.31. The average molecular weight is 296 g/mol. The predicted octanol–water partition coefficient (Wildman–Crippen LogP) is 4.45. The molecule has 0 fully saturated rings. The van der Waals surface area contributed by atoms with E-state index in [0.29, 0.717) is 11.4 Å². The third-order valence-electron chi connectivity index (χ3n) is 2.65. The highest BCUT2D eigenvalue weighted by molar-refractivity contribution is 7.98. The Kier molecular flexibility index (Phi) is 4.16. The third kappa shape index (κ3) is 3.70. The van der Waals surface area contributed by atoms with Crippen LogP contribution < -0.4 is 5.73 Å². The fraction of sp³-hybridized carbons (Fsp3) is 0.357. The summed E-state index contributed by atoms with van der Waals surface area (Å²) in [6, 6.07) is 4.44. The number of aromatic nitrogens is 1. The van der Waals surface area contributed by atoms with Crippen LogP contribution in [0.2, 0.25) is 0 Å². The molecule has 0 saturated heterocycles. The Hall–Kier alpha value is -1.07. The highest BCUT2D eigenvalue weighted by Crippen LogP contribution is 2.31. The lowest BCUT2D eigenvalue weighted by Gasteiger charge is -2.14. The van der Waals surface area contributed by atoms with E-state index in [4.69, 9.17) is 5.73 Å². The van der Waals surface area contributed by atoms with Crippen molar-refractivity contribution in [2.24, 2.45) is 0 Å². The lowest BCUT2D eigenvalue weighted by atomic mass is 9.93. The quantitative estimate of drug-likeness (QED) is 0.671. The Balaban J connectivity index is 2.06. The van der Waals surface area contributed by atoms with Gasteiger partial charge in [-0.1, -0.05) is 20.8 Å². The highest BCUT2D eigenvalue weighted by atomic mass is 32.2. The van der Waals surface area contributed by atoms with Crippen molar-refractivity contribution >= 4 is 28.8 Å². The summed E-state index contributed by atoms with van der Waals surface area (Å²) in [6.07, 6.45) is 0. The molecule has 2 N–H and O–H groups in total. The number of nitrogens with zero attached hydrogens (tertiary/aromatic N) is 1. The van der Waals surface area contributed by atoms with Gasteiger partial charge in [-0.3, -0.25) is 0 Å². The molecule has 5 heteroatoms. The van der Waals surface area contributed by atoms with Crippen molar-refractivity contribution in [2.45, 2.75) is 36.8 Å². The minimum absolute atomic E-state index is 0.0668. The predicted molar refractivity (Wildman–Crippen MR) is 81.2 cm³/mol. The zero-order valence-corrected chi connectivity index (χ0v) is 12.9. The van der Waals surface area contributed by atoms with Gasteiger partial charge >= 0.3 is 0 Å². The molecule has 0 aliphatic carbocycles. The Labute approximate surface area is 121 Å². The summed E-state index contributed by atoms with van der Waals surface area (Å²) in [6.45, 7) is 6.43. The van der Waals surface area contributed by atoms with Crippen molar-refractivity contribution in [1.29, 1.82) is 0 Å². The Bertz CT molecular complexity index is 573. The van der Waals surface area contributed by atoms with E-state index in [1.54, 1.807) is 17.4 Å². The van der Waals surface area contributed by atoms with Crippen LogP contribution in [0.4, 0.5) is 10.1 Å².